The molecule has 1 saturated carbocycles. The first-order valence-electron chi connectivity index (χ1n) is 10.9. The Bertz CT molecular complexity index is 1000. The fourth-order valence-corrected chi connectivity index (χ4v) is 4.30. The first kappa shape index (κ1) is 23.8. The van der Waals surface area contributed by atoms with Crippen LogP contribution in [0.4, 0.5) is 18.0 Å². The first-order valence-corrected chi connectivity index (χ1v) is 10.9. The third-order valence-corrected chi connectivity index (χ3v) is 7.21. The lowest BCUT2D eigenvalue weighted by Crippen LogP contribution is -2.51. The number of carbonyl (C=O) groups excluding carboxylic acids is 3. The third-order valence-electron chi connectivity index (χ3n) is 7.21. The minimum absolute atomic E-state index is 0.0375. The fraction of sp³-hybridized carbons (Fsp3) is 0.591. The van der Waals surface area contributed by atoms with Crippen LogP contribution in [-0.4, -0.2) is 58.9 Å². The van der Waals surface area contributed by atoms with Crippen molar-refractivity contribution in [2.24, 2.45) is 0 Å². The Hall–Kier alpha value is -2.40. The molecule has 1 aromatic carbocycles. The molecule has 11 heteroatoms. The molecule has 7 nitrogen and oxygen atoms in total. The van der Waals surface area contributed by atoms with Gasteiger partial charge in [-0.1, -0.05) is 12.1 Å². The molecule has 0 radical (unpaired) electrons. The van der Waals surface area contributed by atoms with Crippen LogP contribution in [0.25, 0.3) is 0 Å². The van der Waals surface area contributed by atoms with E-state index < -0.39 is 72.7 Å². The molecule has 0 aromatic heterocycles. The lowest BCUT2D eigenvalue weighted by atomic mass is 9.78. The van der Waals surface area contributed by atoms with E-state index in [1.165, 1.54) is 12.1 Å². The Morgan fingerprint density at radius 1 is 1.06 bits per heavy atom. The SMILES string of the molecule is CC1(C)OB(c2ccc(C(=O)CN3C(=O)NC4(CCC(F)(F)CC4)C3=O)cc2F)OC1(C)C. The number of benzene rings is 1. The van der Waals surface area contributed by atoms with Gasteiger partial charge in [-0.2, -0.15) is 0 Å². The maximum atomic E-state index is 14.8. The van der Waals surface area contributed by atoms with Gasteiger partial charge < -0.3 is 14.6 Å². The number of carbonyl (C=O) groups is 3. The summed E-state index contributed by atoms with van der Waals surface area (Å²) >= 11 is 0. The van der Waals surface area contributed by atoms with Gasteiger partial charge in [0, 0.05) is 23.9 Å². The van der Waals surface area contributed by atoms with Crippen LogP contribution in [-0.2, 0) is 14.1 Å². The topological polar surface area (TPSA) is 84.9 Å². The van der Waals surface area contributed by atoms with Crippen molar-refractivity contribution in [3.63, 3.8) is 0 Å². The van der Waals surface area contributed by atoms with E-state index in [0.29, 0.717) is 4.90 Å². The second-order valence-corrected chi connectivity index (χ2v) is 10.0. The second kappa shape index (κ2) is 7.56. The van der Waals surface area contributed by atoms with E-state index >= 15 is 0 Å². The lowest BCUT2D eigenvalue weighted by Gasteiger charge is -2.34. The number of ketones is 1. The molecule has 33 heavy (non-hydrogen) atoms. The van der Waals surface area contributed by atoms with Gasteiger partial charge in [0.25, 0.3) is 5.91 Å². The maximum Gasteiger partial charge on any atom is 0.497 e. The Labute approximate surface area is 190 Å². The Kier molecular flexibility index (Phi) is 5.44. The van der Waals surface area contributed by atoms with Gasteiger partial charge in [-0.15, -0.1) is 0 Å². The van der Waals surface area contributed by atoms with E-state index in [0.717, 1.165) is 6.07 Å². The molecule has 4 rings (SSSR count). The van der Waals surface area contributed by atoms with Gasteiger partial charge in [-0.05, 0) is 46.6 Å². The van der Waals surface area contributed by atoms with Crippen LogP contribution in [0.3, 0.4) is 0 Å². The standard InChI is InChI=1S/C22H26BF3N2O5/c1-19(2)20(3,4)33-23(32-19)14-6-5-13(11-15(14)24)16(29)12-28-17(30)21(27-18(28)31)7-9-22(25,26)10-8-21/h5-6,11H,7-10,12H2,1-4H3,(H,27,31). The van der Waals surface area contributed by atoms with Gasteiger partial charge in [0.05, 0.1) is 17.7 Å². The van der Waals surface area contributed by atoms with Gasteiger partial charge in [-0.25, -0.2) is 18.0 Å². The van der Waals surface area contributed by atoms with Crippen molar-refractivity contribution in [2.75, 3.05) is 6.54 Å². The summed E-state index contributed by atoms with van der Waals surface area (Å²) in [6, 6.07) is 2.95. The zero-order chi connectivity index (χ0) is 24.4. The molecule has 2 saturated heterocycles. The normalized spacial score (nSPS) is 24.9. The predicted octanol–water partition coefficient (Wildman–Crippen LogP) is 2.81. The molecule has 2 aliphatic heterocycles. The van der Waals surface area contributed by atoms with E-state index in [-0.39, 0.29) is 23.9 Å². The monoisotopic (exact) mass is 466 g/mol. The van der Waals surface area contributed by atoms with Gasteiger partial charge in [0.15, 0.2) is 5.78 Å². The Morgan fingerprint density at radius 2 is 1.64 bits per heavy atom. The van der Waals surface area contributed by atoms with Crippen LogP contribution < -0.4 is 10.8 Å². The number of amides is 3. The Morgan fingerprint density at radius 3 is 2.18 bits per heavy atom. The number of alkyl halides is 2. The number of halogens is 3. The number of imide groups is 1. The number of nitrogens with one attached hydrogen (secondary N) is 1. The van der Waals surface area contributed by atoms with Crippen LogP contribution in [0.2, 0.25) is 0 Å². The first-order chi connectivity index (χ1) is 15.2. The number of Topliss-reactive ketones (excluding diaryl/α,β-unsaturated/α-hetero) is 1. The smallest absolute Gasteiger partial charge is 0.399 e. The summed E-state index contributed by atoms with van der Waals surface area (Å²) in [6.45, 7) is 6.72. The molecule has 2 heterocycles. The molecule has 0 bridgehead atoms. The highest BCUT2D eigenvalue weighted by Crippen LogP contribution is 2.41. The quantitative estimate of drug-likeness (QED) is 0.419. The molecular formula is C22H26BF3N2O5. The minimum atomic E-state index is -2.88. The van der Waals surface area contributed by atoms with Crippen molar-refractivity contribution in [3.8, 4) is 0 Å². The number of hydrogen-bond donors (Lipinski definition) is 1. The summed E-state index contributed by atoms with van der Waals surface area (Å²) in [6.07, 6.45) is -1.45. The van der Waals surface area contributed by atoms with E-state index in [2.05, 4.69) is 5.32 Å². The van der Waals surface area contributed by atoms with Crippen molar-refractivity contribution < 1.29 is 36.9 Å². The molecule has 1 spiro atoms. The zero-order valence-corrected chi connectivity index (χ0v) is 19.0. The minimum Gasteiger partial charge on any atom is -0.399 e. The van der Waals surface area contributed by atoms with Gasteiger partial charge in [-0.3, -0.25) is 14.5 Å². The highest BCUT2D eigenvalue weighted by atomic mass is 19.3. The third kappa shape index (κ3) is 4.05. The summed E-state index contributed by atoms with van der Waals surface area (Å²) in [5, 5.41) is 2.48. The highest BCUT2D eigenvalue weighted by molar-refractivity contribution is 6.62. The number of urea groups is 1. The molecule has 3 aliphatic rings. The summed E-state index contributed by atoms with van der Waals surface area (Å²) in [4.78, 5) is 38.6. The molecule has 178 valence electrons. The van der Waals surface area contributed by atoms with E-state index in [1.807, 2.05) is 27.7 Å². The lowest BCUT2D eigenvalue weighted by molar-refractivity contribution is -0.135. The van der Waals surface area contributed by atoms with Crippen LogP contribution in [0.1, 0.15) is 63.7 Å². The molecule has 1 aromatic rings. The summed E-state index contributed by atoms with van der Waals surface area (Å²) in [5.74, 6) is -4.96. The predicted molar refractivity (Wildman–Crippen MR) is 113 cm³/mol. The van der Waals surface area contributed by atoms with Crippen molar-refractivity contribution >= 4 is 30.3 Å². The van der Waals surface area contributed by atoms with Crippen molar-refractivity contribution in [1.29, 1.82) is 0 Å². The number of rotatable bonds is 4. The molecule has 0 unspecified atom stereocenters. The molecule has 3 fully saturated rings. The molecule has 0 atom stereocenters. The number of hydrogen-bond acceptors (Lipinski definition) is 5. The largest absolute Gasteiger partial charge is 0.497 e. The highest BCUT2D eigenvalue weighted by Gasteiger charge is 2.56. The van der Waals surface area contributed by atoms with Crippen LogP contribution in [0.5, 0.6) is 0 Å². The van der Waals surface area contributed by atoms with Gasteiger partial charge >= 0.3 is 13.1 Å². The summed E-state index contributed by atoms with van der Waals surface area (Å²) in [7, 11) is -0.950. The molecule has 3 amide bonds. The fourth-order valence-electron chi connectivity index (χ4n) is 4.30. The molecule has 1 N–H and O–H groups in total. The Balaban J connectivity index is 1.47. The van der Waals surface area contributed by atoms with Gasteiger partial charge in [0.1, 0.15) is 11.4 Å². The van der Waals surface area contributed by atoms with Crippen LogP contribution >= 0.6 is 0 Å². The van der Waals surface area contributed by atoms with Crippen molar-refractivity contribution in [3.05, 3.63) is 29.6 Å². The zero-order valence-electron chi connectivity index (χ0n) is 19.0. The molecule has 1 aliphatic carbocycles. The van der Waals surface area contributed by atoms with Crippen LogP contribution in [0.15, 0.2) is 18.2 Å². The summed E-state index contributed by atoms with van der Waals surface area (Å²) in [5.41, 5.74) is -2.65. The maximum absolute atomic E-state index is 14.8. The average molecular weight is 466 g/mol. The van der Waals surface area contributed by atoms with E-state index in [9.17, 15) is 27.6 Å². The average Bonchev–Trinajstić information content (AvgIpc) is 3.07. The van der Waals surface area contributed by atoms with Gasteiger partial charge in [0.2, 0.25) is 5.92 Å². The van der Waals surface area contributed by atoms with E-state index in [1.54, 1.807) is 0 Å². The van der Waals surface area contributed by atoms with Crippen molar-refractivity contribution in [1.82, 2.24) is 10.2 Å². The second-order valence-electron chi connectivity index (χ2n) is 10.0. The van der Waals surface area contributed by atoms with E-state index in [4.69, 9.17) is 9.31 Å². The molecular weight excluding hydrogens is 440 g/mol. The summed E-state index contributed by atoms with van der Waals surface area (Å²) < 4.78 is 53.6. The number of nitrogens with zero attached hydrogens (tertiary/aromatic N) is 1. The van der Waals surface area contributed by atoms with Crippen LogP contribution in [0, 0.1) is 5.82 Å². The van der Waals surface area contributed by atoms with Crippen molar-refractivity contribution in [2.45, 2.75) is 76.0 Å².